The summed E-state index contributed by atoms with van der Waals surface area (Å²) in [5.41, 5.74) is 10.9. The first-order chi connectivity index (χ1) is 10.8. The highest BCUT2D eigenvalue weighted by molar-refractivity contribution is 6.30. The fraction of sp³-hybridized carbons (Fsp3) is 0.100. The van der Waals surface area contributed by atoms with Crippen LogP contribution in [-0.2, 0) is 0 Å². The quantitative estimate of drug-likeness (QED) is 0.713. The minimum atomic E-state index is 0.196. The lowest BCUT2D eigenvalue weighted by atomic mass is 9.90. The molecular weight excluding hydrogens is 290 g/mol. The summed E-state index contributed by atoms with van der Waals surface area (Å²) in [5.74, 6) is 0.196. The molecule has 110 valence electrons. The van der Waals surface area contributed by atoms with Crippen LogP contribution in [0.15, 0.2) is 78.9 Å². The summed E-state index contributed by atoms with van der Waals surface area (Å²) in [6.07, 6.45) is 0. The van der Waals surface area contributed by atoms with Crippen molar-refractivity contribution in [3.8, 4) is 11.1 Å². The summed E-state index contributed by atoms with van der Waals surface area (Å²) in [6.45, 7) is 0.576. The van der Waals surface area contributed by atoms with E-state index in [9.17, 15) is 0 Å². The van der Waals surface area contributed by atoms with Gasteiger partial charge in [-0.2, -0.15) is 0 Å². The Hall–Kier alpha value is -2.09. The van der Waals surface area contributed by atoms with E-state index in [1.165, 1.54) is 22.3 Å². The molecule has 0 spiro atoms. The van der Waals surface area contributed by atoms with Crippen molar-refractivity contribution in [2.24, 2.45) is 5.73 Å². The SMILES string of the molecule is NCC(c1ccc(Cl)cc1)c1ccc(-c2ccccc2)cc1. The van der Waals surface area contributed by atoms with Gasteiger partial charge in [-0.3, -0.25) is 0 Å². The molecule has 3 aromatic carbocycles. The van der Waals surface area contributed by atoms with Crippen LogP contribution >= 0.6 is 11.6 Å². The zero-order valence-electron chi connectivity index (χ0n) is 12.2. The molecule has 0 aliphatic rings. The molecule has 0 heterocycles. The van der Waals surface area contributed by atoms with Crippen LogP contribution < -0.4 is 5.73 Å². The van der Waals surface area contributed by atoms with Gasteiger partial charge in [-0.25, -0.2) is 0 Å². The van der Waals surface area contributed by atoms with E-state index in [1.54, 1.807) is 0 Å². The lowest BCUT2D eigenvalue weighted by molar-refractivity contribution is 0.819. The van der Waals surface area contributed by atoms with Crippen molar-refractivity contribution in [2.45, 2.75) is 5.92 Å². The van der Waals surface area contributed by atoms with Crippen LogP contribution in [0.3, 0.4) is 0 Å². The third-order valence-corrected chi connectivity index (χ3v) is 4.18. The maximum absolute atomic E-state index is 5.99. The van der Waals surface area contributed by atoms with Crippen LogP contribution in [0.5, 0.6) is 0 Å². The fourth-order valence-electron chi connectivity index (χ4n) is 2.70. The Bertz CT molecular complexity index is 718. The molecule has 1 unspecified atom stereocenters. The van der Waals surface area contributed by atoms with Gasteiger partial charge in [0.15, 0.2) is 0 Å². The van der Waals surface area contributed by atoms with Crippen molar-refractivity contribution in [1.29, 1.82) is 0 Å². The summed E-state index contributed by atoms with van der Waals surface area (Å²) < 4.78 is 0. The van der Waals surface area contributed by atoms with Crippen LogP contribution in [0, 0.1) is 0 Å². The molecule has 0 aliphatic carbocycles. The van der Waals surface area contributed by atoms with Crippen molar-refractivity contribution in [3.63, 3.8) is 0 Å². The molecule has 22 heavy (non-hydrogen) atoms. The average Bonchev–Trinajstić information content (AvgIpc) is 2.59. The third-order valence-electron chi connectivity index (χ3n) is 3.93. The van der Waals surface area contributed by atoms with Gasteiger partial charge < -0.3 is 5.73 Å². The average molecular weight is 308 g/mol. The van der Waals surface area contributed by atoms with Crippen LogP contribution in [0.2, 0.25) is 5.02 Å². The summed E-state index contributed by atoms with van der Waals surface area (Å²) in [5, 5.41) is 0.749. The smallest absolute Gasteiger partial charge is 0.0406 e. The van der Waals surface area contributed by atoms with Crippen LogP contribution in [0.25, 0.3) is 11.1 Å². The van der Waals surface area contributed by atoms with E-state index < -0.39 is 0 Å². The number of hydrogen-bond acceptors (Lipinski definition) is 1. The Morgan fingerprint density at radius 1 is 0.682 bits per heavy atom. The lowest BCUT2D eigenvalue weighted by Gasteiger charge is -2.16. The highest BCUT2D eigenvalue weighted by Crippen LogP contribution is 2.27. The molecule has 3 rings (SSSR count). The Kier molecular flexibility index (Phi) is 4.57. The minimum absolute atomic E-state index is 0.196. The molecule has 2 heteroatoms. The summed E-state index contributed by atoms with van der Waals surface area (Å²) >= 11 is 5.96. The first-order valence-electron chi connectivity index (χ1n) is 7.39. The standard InChI is InChI=1S/C20H18ClN/c21-19-12-10-18(11-13-19)20(14-22)17-8-6-16(7-9-17)15-4-2-1-3-5-15/h1-13,20H,14,22H2. The molecule has 0 bridgehead atoms. The molecule has 0 amide bonds. The molecule has 0 aromatic heterocycles. The van der Waals surface area contributed by atoms with Crippen molar-refractivity contribution >= 4 is 11.6 Å². The third kappa shape index (κ3) is 3.22. The summed E-state index contributed by atoms with van der Waals surface area (Å²) in [6, 6.07) is 26.9. The number of hydrogen-bond donors (Lipinski definition) is 1. The van der Waals surface area contributed by atoms with E-state index >= 15 is 0 Å². The molecule has 0 fully saturated rings. The van der Waals surface area contributed by atoms with Gasteiger partial charge >= 0.3 is 0 Å². The van der Waals surface area contributed by atoms with Crippen LogP contribution in [-0.4, -0.2) is 6.54 Å². The Balaban J connectivity index is 1.89. The number of rotatable bonds is 4. The van der Waals surface area contributed by atoms with Crippen molar-refractivity contribution in [2.75, 3.05) is 6.54 Å². The van der Waals surface area contributed by atoms with Gasteiger partial charge in [0.1, 0.15) is 0 Å². The van der Waals surface area contributed by atoms with E-state index in [2.05, 4.69) is 48.5 Å². The fourth-order valence-corrected chi connectivity index (χ4v) is 2.82. The monoisotopic (exact) mass is 307 g/mol. The predicted molar refractivity (Wildman–Crippen MR) is 94.2 cm³/mol. The molecule has 0 radical (unpaired) electrons. The zero-order chi connectivity index (χ0) is 15.4. The maximum atomic E-state index is 5.99. The Labute approximate surface area is 136 Å². The van der Waals surface area contributed by atoms with Gasteiger partial charge in [0.25, 0.3) is 0 Å². The first-order valence-corrected chi connectivity index (χ1v) is 7.76. The molecular formula is C20H18ClN. The van der Waals surface area contributed by atoms with E-state index in [0.717, 1.165) is 5.02 Å². The molecule has 0 saturated carbocycles. The largest absolute Gasteiger partial charge is 0.330 e. The molecule has 3 aromatic rings. The highest BCUT2D eigenvalue weighted by atomic mass is 35.5. The molecule has 1 atom stereocenters. The molecule has 1 nitrogen and oxygen atoms in total. The van der Waals surface area contributed by atoms with E-state index in [0.29, 0.717) is 6.54 Å². The maximum Gasteiger partial charge on any atom is 0.0406 e. The topological polar surface area (TPSA) is 26.0 Å². The second-order valence-electron chi connectivity index (χ2n) is 5.33. The van der Waals surface area contributed by atoms with Gasteiger partial charge in [0.05, 0.1) is 0 Å². The van der Waals surface area contributed by atoms with Crippen molar-refractivity contribution in [1.82, 2.24) is 0 Å². The molecule has 0 aliphatic heterocycles. The number of nitrogens with two attached hydrogens (primary N) is 1. The highest BCUT2D eigenvalue weighted by Gasteiger charge is 2.12. The number of benzene rings is 3. The van der Waals surface area contributed by atoms with Crippen molar-refractivity contribution < 1.29 is 0 Å². The van der Waals surface area contributed by atoms with Crippen molar-refractivity contribution in [3.05, 3.63) is 95.0 Å². The van der Waals surface area contributed by atoms with E-state index in [4.69, 9.17) is 17.3 Å². The second kappa shape index (κ2) is 6.78. The Morgan fingerprint density at radius 2 is 1.18 bits per heavy atom. The molecule has 0 saturated heterocycles. The lowest BCUT2D eigenvalue weighted by Crippen LogP contribution is -2.13. The van der Waals surface area contributed by atoms with Crippen LogP contribution in [0.4, 0.5) is 0 Å². The van der Waals surface area contributed by atoms with Gasteiger partial charge in [-0.1, -0.05) is 78.3 Å². The zero-order valence-corrected chi connectivity index (χ0v) is 13.0. The second-order valence-corrected chi connectivity index (χ2v) is 5.76. The van der Waals surface area contributed by atoms with Crippen LogP contribution in [0.1, 0.15) is 17.0 Å². The first kappa shape index (κ1) is 14.8. The van der Waals surface area contributed by atoms with Gasteiger partial charge in [0.2, 0.25) is 0 Å². The summed E-state index contributed by atoms with van der Waals surface area (Å²) in [7, 11) is 0. The minimum Gasteiger partial charge on any atom is -0.330 e. The summed E-state index contributed by atoms with van der Waals surface area (Å²) in [4.78, 5) is 0. The normalized spacial score (nSPS) is 12.1. The van der Waals surface area contributed by atoms with Gasteiger partial charge in [-0.05, 0) is 34.4 Å². The molecule has 2 N–H and O–H groups in total. The Morgan fingerprint density at radius 3 is 1.73 bits per heavy atom. The predicted octanol–water partition coefficient (Wildman–Crippen LogP) is 5.10. The van der Waals surface area contributed by atoms with Gasteiger partial charge in [-0.15, -0.1) is 0 Å². The van der Waals surface area contributed by atoms with E-state index in [-0.39, 0.29) is 5.92 Å². The van der Waals surface area contributed by atoms with E-state index in [1.807, 2.05) is 30.3 Å². The number of halogens is 1. The van der Waals surface area contributed by atoms with Gasteiger partial charge in [0, 0.05) is 17.5 Å².